The van der Waals surface area contributed by atoms with Crippen molar-refractivity contribution in [2.24, 2.45) is 0 Å². The minimum absolute atomic E-state index is 0.376. The Morgan fingerprint density at radius 1 is 1.00 bits per heavy atom. The zero-order valence-corrected chi connectivity index (χ0v) is 9.50. The van der Waals surface area contributed by atoms with Crippen LogP contribution in [0.2, 0.25) is 0 Å². The molecular formula is C11H9F5N2O. The van der Waals surface area contributed by atoms with Gasteiger partial charge in [0.15, 0.2) is 23.3 Å². The van der Waals surface area contributed by atoms with Crippen molar-refractivity contribution in [3.05, 3.63) is 34.6 Å². The zero-order chi connectivity index (χ0) is 14.2. The van der Waals surface area contributed by atoms with Gasteiger partial charge in [-0.25, -0.2) is 22.0 Å². The van der Waals surface area contributed by atoms with Crippen molar-refractivity contribution >= 4 is 5.91 Å². The van der Waals surface area contributed by atoms with Crippen molar-refractivity contribution in [1.82, 2.24) is 10.6 Å². The fourth-order valence-corrected chi connectivity index (χ4v) is 1.84. The first-order valence-corrected chi connectivity index (χ1v) is 5.46. The SMILES string of the molecule is O=C(N[C@@H]1CCNC1)c1c(F)c(F)c(F)c(F)c1F. The Bertz CT molecular complexity index is 499. The predicted octanol–water partition coefficient (Wildman–Crippen LogP) is 1.47. The maximum atomic E-state index is 13.3. The van der Waals surface area contributed by atoms with E-state index in [-0.39, 0.29) is 0 Å². The maximum absolute atomic E-state index is 13.3. The summed E-state index contributed by atoms with van der Waals surface area (Å²) < 4.78 is 65.3. The molecule has 19 heavy (non-hydrogen) atoms. The van der Waals surface area contributed by atoms with E-state index in [0.717, 1.165) is 0 Å². The number of carbonyl (C=O) groups excluding carboxylic acids is 1. The van der Waals surface area contributed by atoms with Gasteiger partial charge in [-0.2, -0.15) is 0 Å². The second-order valence-electron chi connectivity index (χ2n) is 4.11. The topological polar surface area (TPSA) is 41.1 Å². The number of amides is 1. The molecule has 104 valence electrons. The Balaban J connectivity index is 2.36. The lowest BCUT2D eigenvalue weighted by Gasteiger charge is -2.13. The summed E-state index contributed by atoms with van der Waals surface area (Å²) in [6, 6.07) is -0.400. The van der Waals surface area contributed by atoms with Crippen molar-refractivity contribution in [2.45, 2.75) is 12.5 Å². The molecule has 1 saturated heterocycles. The molecule has 3 nitrogen and oxygen atoms in total. The van der Waals surface area contributed by atoms with E-state index in [4.69, 9.17) is 0 Å². The minimum atomic E-state index is -2.28. The summed E-state index contributed by atoms with van der Waals surface area (Å²) in [6.07, 6.45) is 0.515. The average molecular weight is 280 g/mol. The molecule has 0 unspecified atom stereocenters. The molecule has 1 heterocycles. The third kappa shape index (κ3) is 2.40. The van der Waals surface area contributed by atoms with Gasteiger partial charge in [0, 0.05) is 12.6 Å². The van der Waals surface area contributed by atoms with Gasteiger partial charge in [0.1, 0.15) is 5.56 Å². The zero-order valence-electron chi connectivity index (χ0n) is 9.50. The first-order valence-electron chi connectivity index (χ1n) is 5.46. The molecule has 0 saturated carbocycles. The largest absolute Gasteiger partial charge is 0.348 e. The van der Waals surface area contributed by atoms with Gasteiger partial charge in [0.25, 0.3) is 5.91 Å². The summed E-state index contributed by atoms with van der Waals surface area (Å²) in [5.41, 5.74) is -1.46. The summed E-state index contributed by atoms with van der Waals surface area (Å²) in [4.78, 5) is 11.6. The summed E-state index contributed by atoms with van der Waals surface area (Å²) in [5.74, 6) is -12.1. The van der Waals surface area contributed by atoms with Crippen LogP contribution in [0.4, 0.5) is 22.0 Å². The molecule has 0 aliphatic carbocycles. The number of rotatable bonds is 2. The number of benzene rings is 1. The Morgan fingerprint density at radius 2 is 1.53 bits per heavy atom. The van der Waals surface area contributed by atoms with E-state index in [1.165, 1.54) is 0 Å². The van der Waals surface area contributed by atoms with E-state index in [1.54, 1.807) is 0 Å². The predicted molar refractivity (Wildman–Crippen MR) is 55.0 cm³/mol. The van der Waals surface area contributed by atoms with E-state index in [1.807, 2.05) is 0 Å². The highest BCUT2D eigenvalue weighted by Crippen LogP contribution is 2.23. The van der Waals surface area contributed by atoms with E-state index < -0.39 is 46.6 Å². The van der Waals surface area contributed by atoms with Crippen LogP contribution in [0.15, 0.2) is 0 Å². The molecule has 1 aliphatic heterocycles. The molecule has 0 radical (unpaired) electrons. The number of halogens is 5. The number of carbonyl (C=O) groups is 1. The van der Waals surface area contributed by atoms with Crippen LogP contribution in [-0.4, -0.2) is 25.0 Å². The lowest BCUT2D eigenvalue weighted by atomic mass is 10.1. The van der Waals surface area contributed by atoms with Crippen molar-refractivity contribution in [3.63, 3.8) is 0 Å². The molecule has 0 bridgehead atoms. The van der Waals surface area contributed by atoms with Crippen molar-refractivity contribution in [2.75, 3.05) is 13.1 Å². The van der Waals surface area contributed by atoms with Crippen LogP contribution >= 0.6 is 0 Å². The Labute approximate surface area is 104 Å². The summed E-state index contributed by atoms with van der Waals surface area (Å²) >= 11 is 0. The normalized spacial score (nSPS) is 18.7. The maximum Gasteiger partial charge on any atom is 0.257 e. The van der Waals surface area contributed by atoms with Crippen LogP contribution in [0.5, 0.6) is 0 Å². The third-order valence-corrected chi connectivity index (χ3v) is 2.83. The highest BCUT2D eigenvalue weighted by Gasteiger charge is 2.30. The fourth-order valence-electron chi connectivity index (χ4n) is 1.84. The highest BCUT2D eigenvalue weighted by molar-refractivity contribution is 5.95. The van der Waals surface area contributed by atoms with Crippen LogP contribution in [0, 0.1) is 29.1 Å². The van der Waals surface area contributed by atoms with Gasteiger partial charge in [0.05, 0.1) is 0 Å². The Hall–Kier alpha value is -1.70. The summed E-state index contributed by atoms with van der Waals surface area (Å²) in [6.45, 7) is 0.975. The van der Waals surface area contributed by atoms with Gasteiger partial charge in [-0.05, 0) is 13.0 Å². The molecule has 2 N–H and O–H groups in total. The molecule has 0 spiro atoms. The van der Waals surface area contributed by atoms with Gasteiger partial charge in [0.2, 0.25) is 5.82 Å². The molecule has 0 aromatic heterocycles. The van der Waals surface area contributed by atoms with Gasteiger partial charge in [-0.15, -0.1) is 0 Å². The number of nitrogens with one attached hydrogen (secondary N) is 2. The average Bonchev–Trinajstić information content (AvgIpc) is 2.87. The summed E-state index contributed by atoms with van der Waals surface area (Å²) in [5, 5.41) is 5.09. The van der Waals surface area contributed by atoms with Crippen LogP contribution in [0.1, 0.15) is 16.8 Å². The van der Waals surface area contributed by atoms with Gasteiger partial charge < -0.3 is 10.6 Å². The highest BCUT2D eigenvalue weighted by atomic mass is 19.2. The smallest absolute Gasteiger partial charge is 0.257 e. The van der Waals surface area contributed by atoms with Crippen molar-refractivity contribution in [1.29, 1.82) is 0 Å². The van der Waals surface area contributed by atoms with E-state index >= 15 is 0 Å². The molecule has 1 aromatic rings. The quantitative estimate of drug-likeness (QED) is 0.489. The first kappa shape index (κ1) is 13.7. The lowest BCUT2D eigenvalue weighted by Crippen LogP contribution is -2.37. The fraction of sp³-hybridized carbons (Fsp3) is 0.364. The molecule has 2 rings (SSSR count). The van der Waals surface area contributed by atoms with Crippen LogP contribution in [0.25, 0.3) is 0 Å². The Kier molecular flexibility index (Phi) is 3.70. The van der Waals surface area contributed by atoms with Crippen molar-refractivity contribution in [3.8, 4) is 0 Å². The van der Waals surface area contributed by atoms with Crippen molar-refractivity contribution < 1.29 is 26.7 Å². The molecule has 1 fully saturated rings. The third-order valence-electron chi connectivity index (χ3n) is 2.83. The lowest BCUT2D eigenvalue weighted by molar-refractivity contribution is 0.0928. The molecule has 1 atom stereocenters. The van der Waals surface area contributed by atoms with Crippen LogP contribution < -0.4 is 10.6 Å². The van der Waals surface area contributed by atoms with Crippen LogP contribution in [0.3, 0.4) is 0 Å². The van der Waals surface area contributed by atoms with Gasteiger partial charge >= 0.3 is 0 Å². The molecule has 1 aliphatic rings. The number of hydrogen-bond donors (Lipinski definition) is 2. The van der Waals surface area contributed by atoms with Gasteiger partial charge in [-0.1, -0.05) is 0 Å². The second-order valence-corrected chi connectivity index (χ2v) is 4.11. The van der Waals surface area contributed by atoms with E-state index in [9.17, 15) is 26.7 Å². The molecule has 1 aromatic carbocycles. The molecule has 8 heteroatoms. The monoisotopic (exact) mass is 280 g/mol. The van der Waals surface area contributed by atoms with Gasteiger partial charge in [-0.3, -0.25) is 4.79 Å². The van der Waals surface area contributed by atoms with Crippen LogP contribution in [-0.2, 0) is 0 Å². The molecule has 1 amide bonds. The summed E-state index contributed by atoms with van der Waals surface area (Å²) in [7, 11) is 0. The number of hydrogen-bond acceptors (Lipinski definition) is 2. The molecular weight excluding hydrogens is 271 g/mol. The Morgan fingerprint density at radius 3 is 2.00 bits per heavy atom. The standard InChI is InChI=1S/C11H9F5N2O/c12-6-5(7(13)9(15)10(16)8(6)14)11(19)18-4-1-2-17-3-4/h4,17H,1-3H2,(H,18,19)/t4-/m1/s1. The first-order chi connectivity index (χ1) is 8.93. The second kappa shape index (κ2) is 5.12. The van der Waals surface area contributed by atoms with E-state index in [0.29, 0.717) is 19.5 Å². The minimum Gasteiger partial charge on any atom is -0.348 e. The van der Waals surface area contributed by atoms with E-state index in [2.05, 4.69) is 10.6 Å².